The minimum atomic E-state index is -0.0521. The summed E-state index contributed by atoms with van der Waals surface area (Å²) in [6.45, 7) is 4.15. The molecule has 1 aliphatic rings. The van der Waals surface area contributed by atoms with Crippen molar-refractivity contribution in [3.05, 3.63) is 65.9 Å². The molecule has 0 radical (unpaired) electrons. The van der Waals surface area contributed by atoms with E-state index in [0.717, 1.165) is 52.0 Å². The molecule has 170 valence electrons. The highest BCUT2D eigenvalue weighted by Gasteiger charge is 2.28. The molecule has 7 nitrogen and oxygen atoms in total. The number of benzene rings is 2. The van der Waals surface area contributed by atoms with Crippen LogP contribution in [0.2, 0.25) is 0 Å². The van der Waals surface area contributed by atoms with Crippen LogP contribution < -0.4 is 15.0 Å². The topological polar surface area (TPSA) is 71.8 Å². The van der Waals surface area contributed by atoms with Crippen LogP contribution in [0.25, 0.3) is 16.2 Å². The first-order valence-corrected chi connectivity index (χ1v) is 12.0. The summed E-state index contributed by atoms with van der Waals surface area (Å²) in [5, 5.41) is 8.76. The quantitative estimate of drug-likeness (QED) is 0.463. The summed E-state index contributed by atoms with van der Waals surface area (Å²) in [6, 6.07) is 16.1. The Hall–Kier alpha value is -3.39. The number of carbonyl (C=O) groups is 1. The van der Waals surface area contributed by atoms with E-state index in [9.17, 15) is 4.79 Å². The van der Waals surface area contributed by atoms with E-state index in [0.29, 0.717) is 13.1 Å². The lowest BCUT2D eigenvalue weighted by Gasteiger charge is -2.31. The minimum absolute atomic E-state index is 0.0521. The molecule has 1 fully saturated rings. The van der Waals surface area contributed by atoms with Gasteiger partial charge in [0.25, 0.3) is 0 Å². The van der Waals surface area contributed by atoms with Crippen molar-refractivity contribution < 1.29 is 9.53 Å². The largest absolute Gasteiger partial charge is 0.497 e. The number of nitrogens with one attached hydrogen (secondary N) is 1. The molecule has 33 heavy (non-hydrogen) atoms. The van der Waals surface area contributed by atoms with Gasteiger partial charge in [0.15, 0.2) is 0 Å². The first-order valence-electron chi connectivity index (χ1n) is 11.2. The molecule has 8 heteroatoms. The molecule has 4 aromatic rings. The van der Waals surface area contributed by atoms with Crippen LogP contribution in [0.4, 0.5) is 5.13 Å². The van der Waals surface area contributed by atoms with Crippen molar-refractivity contribution in [1.82, 2.24) is 19.9 Å². The lowest BCUT2D eigenvalue weighted by Crippen LogP contribution is -2.43. The average Bonchev–Trinajstić information content (AvgIpc) is 3.43. The summed E-state index contributed by atoms with van der Waals surface area (Å²) >= 11 is 1.57. The molecule has 1 saturated heterocycles. The van der Waals surface area contributed by atoms with Crippen molar-refractivity contribution in [2.75, 3.05) is 25.1 Å². The number of aromatic nitrogens is 3. The van der Waals surface area contributed by atoms with Crippen LogP contribution in [0.1, 0.15) is 24.0 Å². The van der Waals surface area contributed by atoms with Crippen LogP contribution in [-0.4, -0.2) is 40.7 Å². The van der Waals surface area contributed by atoms with E-state index in [4.69, 9.17) is 14.8 Å². The van der Waals surface area contributed by atoms with Gasteiger partial charge >= 0.3 is 0 Å². The van der Waals surface area contributed by atoms with E-state index in [1.165, 1.54) is 5.56 Å². The highest BCUT2D eigenvalue weighted by Crippen LogP contribution is 2.30. The lowest BCUT2D eigenvalue weighted by molar-refractivity contribution is -0.125. The number of hydrogen-bond acceptors (Lipinski definition) is 6. The summed E-state index contributed by atoms with van der Waals surface area (Å²) in [4.78, 5) is 20.7. The molecular formula is C25H27N5O2S. The Morgan fingerprint density at radius 3 is 2.88 bits per heavy atom. The van der Waals surface area contributed by atoms with Gasteiger partial charge in [-0.2, -0.15) is 0 Å². The summed E-state index contributed by atoms with van der Waals surface area (Å²) < 4.78 is 7.11. The summed E-state index contributed by atoms with van der Waals surface area (Å²) in [5.74, 6) is 0.833. The first-order chi connectivity index (χ1) is 16.1. The van der Waals surface area contributed by atoms with Crippen LogP contribution in [0.15, 0.2) is 54.7 Å². The van der Waals surface area contributed by atoms with Gasteiger partial charge in [-0.05, 0) is 37.5 Å². The van der Waals surface area contributed by atoms with Gasteiger partial charge in [-0.3, -0.25) is 4.79 Å². The number of carbonyl (C=O) groups excluding carboxylic acids is 1. The Bertz CT molecular complexity index is 1230. The minimum Gasteiger partial charge on any atom is -0.497 e. The van der Waals surface area contributed by atoms with Gasteiger partial charge in [-0.25, -0.2) is 9.50 Å². The van der Waals surface area contributed by atoms with Crippen molar-refractivity contribution >= 4 is 27.3 Å². The summed E-state index contributed by atoms with van der Waals surface area (Å²) in [7, 11) is 1.65. The number of aryl methyl sites for hydroxylation is 1. The van der Waals surface area contributed by atoms with Gasteiger partial charge in [0.1, 0.15) is 5.75 Å². The Labute approximate surface area is 197 Å². The second-order valence-corrected chi connectivity index (χ2v) is 9.39. The smallest absolute Gasteiger partial charge is 0.225 e. The first kappa shape index (κ1) is 21.5. The zero-order valence-corrected chi connectivity index (χ0v) is 19.6. The fourth-order valence-corrected chi connectivity index (χ4v) is 5.08. The van der Waals surface area contributed by atoms with Crippen molar-refractivity contribution in [2.45, 2.75) is 26.3 Å². The van der Waals surface area contributed by atoms with E-state index < -0.39 is 0 Å². The highest BCUT2D eigenvalue weighted by atomic mass is 32.1. The van der Waals surface area contributed by atoms with Crippen LogP contribution in [0.3, 0.4) is 0 Å². The molecule has 2 aromatic heterocycles. The predicted molar refractivity (Wildman–Crippen MR) is 131 cm³/mol. The van der Waals surface area contributed by atoms with Gasteiger partial charge in [0, 0.05) is 25.2 Å². The number of imidazole rings is 1. The van der Waals surface area contributed by atoms with E-state index in [1.54, 1.807) is 18.4 Å². The Morgan fingerprint density at radius 2 is 2.09 bits per heavy atom. The Kier molecular flexibility index (Phi) is 6.00. The molecule has 0 bridgehead atoms. The molecule has 2 aromatic carbocycles. The second kappa shape index (κ2) is 9.23. The van der Waals surface area contributed by atoms with Crippen LogP contribution in [0, 0.1) is 12.8 Å². The predicted octanol–water partition coefficient (Wildman–Crippen LogP) is 4.31. The second-order valence-electron chi connectivity index (χ2n) is 8.46. The molecule has 1 aliphatic heterocycles. The van der Waals surface area contributed by atoms with Crippen molar-refractivity contribution in [2.24, 2.45) is 5.92 Å². The van der Waals surface area contributed by atoms with Gasteiger partial charge in [0.2, 0.25) is 16.0 Å². The van der Waals surface area contributed by atoms with Crippen molar-refractivity contribution in [3.8, 4) is 17.0 Å². The number of ether oxygens (including phenoxy) is 1. The van der Waals surface area contributed by atoms with Crippen LogP contribution in [0.5, 0.6) is 5.75 Å². The third-order valence-electron chi connectivity index (χ3n) is 6.04. The highest BCUT2D eigenvalue weighted by molar-refractivity contribution is 7.20. The maximum absolute atomic E-state index is 12.8. The molecule has 5 rings (SSSR count). The molecule has 0 unspecified atom stereocenters. The number of anilines is 1. The van der Waals surface area contributed by atoms with Gasteiger partial charge in [0.05, 0.1) is 24.9 Å². The van der Waals surface area contributed by atoms with Crippen LogP contribution >= 0.6 is 11.3 Å². The van der Waals surface area contributed by atoms with Gasteiger partial charge in [-0.1, -0.05) is 53.3 Å². The van der Waals surface area contributed by atoms with E-state index >= 15 is 0 Å². The molecule has 0 saturated carbocycles. The van der Waals surface area contributed by atoms with E-state index in [2.05, 4.69) is 41.4 Å². The summed E-state index contributed by atoms with van der Waals surface area (Å²) in [6.07, 6.45) is 3.83. The molecule has 3 heterocycles. The number of piperidine rings is 1. The average molecular weight is 462 g/mol. The van der Waals surface area contributed by atoms with Gasteiger partial charge in [-0.15, -0.1) is 5.10 Å². The maximum atomic E-state index is 12.8. The number of amides is 1. The van der Waals surface area contributed by atoms with Crippen LogP contribution in [-0.2, 0) is 11.3 Å². The number of methoxy groups -OCH3 is 1. The van der Waals surface area contributed by atoms with E-state index in [1.807, 2.05) is 35.0 Å². The number of fused-ring (bicyclic) bond motifs is 1. The standard InChI is InChI=1S/C25H27N5O2S/c1-17-8-10-19(11-9-17)22-16-30-24(27-22)33-25(28-30)29-12-4-6-20(15-29)23(31)26-14-18-5-3-7-21(13-18)32-2/h3,5,7-11,13,16,20H,4,6,12,14-15H2,1-2H3,(H,26,31)/t20-/m1/s1. The molecule has 1 atom stereocenters. The molecule has 0 aliphatic carbocycles. The fraction of sp³-hybridized carbons (Fsp3) is 0.320. The Morgan fingerprint density at radius 1 is 1.24 bits per heavy atom. The molecular weight excluding hydrogens is 434 g/mol. The Balaban J connectivity index is 1.23. The molecule has 1 amide bonds. The number of rotatable bonds is 6. The fourth-order valence-electron chi connectivity index (χ4n) is 4.16. The normalized spacial score (nSPS) is 16.2. The SMILES string of the molecule is COc1cccc(CNC(=O)[C@@H]2CCCN(c3nn4cc(-c5ccc(C)cc5)nc4s3)C2)c1. The third-order valence-corrected chi connectivity index (χ3v) is 7.03. The lowest BCUT2D eigenvalue weighted by atomic mass is 9.97. The maximum Gasteiger partial charge on any atom is 0.225 e. The zero-order chi connectivity index (χ0) is 22.8. The van der Waals surface area contributed by atoms with E-state index in [-0.39, 0.29) is 11.8 Å². The number of hydrogen-bond donors (Lipinski definition) is 1. The molecule has 0 spiro atoms. The zero-order valence-electron chi connectivity index (χ0n) is 18.8. The van der Waals surface area contributed by atoms with Crippen molar-refractivity contribution in [1.29, 1.82) is 0 Å². The van der Waals surface area contributed by atoms with Crippen molar-refractivity contribution in [3.63, 3.8) is 0 Å². The third kappa shape index (κ3) is 4.71. The summed E-state index contributed by atoms with van der Waals surface area (Å²) in [5.41, 5.74) is 4.27. The molecule has 1 N–H and O–H groups in total. The van der Waals surface area contributed by atoms with Gasteiger partial charge < -0.3 is 15.0 Å². The number of nitrogens with zero attached hydrogens (tertiary/aromatic N) is 4. The monoisotopic (exact) mass is 461 g/mol.